The van der Waals surface area contributed by atoms with Crippen molar-refractivity contribution >= 4 is 12.6 Å². The normalized spacial score (nSPS) is 38.1. The highest BCUT2D eigenvalue weighted by Crippen LogP contribution is 2.27. The van der Waals surface area contributed by atoms with E-state index in [0.29, 0.717) is 6.42 Å². The molecule has 0 radical (unpaired) electrons. The fraction of sp³-hybridized carbons (Fsp3) is 0.750. The van der Waals surface area contributed by atoms with E-state index >= 15 is 0 Å². The second kappa shape index (κ2) is 3.13. The van der Waals surface area contributed by atoms with Gasteiger partial charge in [-0.3, -0.25) is 0 Å². The van der Waals surface area contributed by atoms with Gasteiger partial charge in [0.2, 0.25) is 0 Å². The van der Waals surface area contributed by atoms with Gasteiger partial charge < -0.3 is 15.3 Å². The van der Waals surface area contributed by atoms with Gasteiger partial charge in [-0.1, -0.05) is 6.42 Å². The highest BCUT2D eigenvalue weighted by atomic mass is 16.1. The zero-order chi connectivity index (χ0) is 8.32. The van der Waals surface area contributed by atoms with Crippen LogP contribution in [-0.2, 0) is 9.59 Å². The van der Waals surface area contributed by atoms with E-state index in [1.807, 2.05) is 0 Å². The zero-order valence-electron chi connectivity index (χ0n) is 6.45. The molecule has 1 fully saturated rings. The van der Waals surface area contributed by atoms with Crippen LogP contribution < -0.4 is 5.73 Å². The van der Waals surface area contributed by atoms with E-state index in [4.69, 9.17) is 5.73 Å². The van der Waals surface area contributed by atoms with Crippen molar-refractivity contribution in [1.82, 2.24) is 0 Å². The number of aldehydes is 2. The molecule has 2 N–H and O–H groups in total. The molecule has 3 nitrogen and oxygen atoms in total. The summed E-state index contributed by atoms with van der Waals surface area (Å²) in [6, 6.07) is 0. The maximum Gasteiger partial charge on any atom is 0.139 e. The van der Waals surface area contributed by atoms with Crippen molar-refractivity contribution in [3.05, 3.63) is 0 Å². The Hall–Kier alpha value is -0.700. The van der Waals surface area contributed by atoms with Crippen molar-refractivity contribution < 1.29 is 9.59 Å². The number of hydrogen-bond donors (Lipinski definition) is 1. The van der Waals surface area contributed by atoms with Gasteiger partial charge in [-0.15, -0.1) is 0 Å². The largest absolute Gasteiger partial charge is 0.319 e. The van der Waals surface area contributed by atoms with Crippen molar-refractivity contribution in [2.75, 3.05) is 0 Å². The lowest BCUT2D eigenvalue weighted by Crippen LogP contribution is -2.46. The molecule has 2 unspecified atom stereocenters. The number of nitrogens with two attached hydrogens (primary N) is 1. The molecule has 0 aromatic carbocycles. The molecule has 1 saturated carbocycles. The molecule has 1 aliphatic carbocycles. The summed E-state index contributed by atoms with van der Waals surface area (Å²) in [5.74, 6) is -0.000972. The number of carbonyl (C=O) groups excluding carboxylic acids is 2. The Bertz CT molecular complexity index is 169. The van der Waals surface area contributed by atoms with Crippen LogP contribution in [0.5, 0.6) is 0 Å². The predicted octanol–water partition coefficient (Wildman–Crippen LogP) is 0.272. The van der Waals surface area contributed by atoms with Gasteiger partial charge in [0.15, 0.2) is 0 Å². The molecule has 0 heterocycles. The summed E-state index contributed by atoms with van der Waals surface area (Å²) < 4.78 is 0. The summed E-state index contributed by atoms with van der Waals surface area (Å²) in [4.78, 5) is 20.9. The molecule has 0 bridgehead atoms. The van der Waals surface area contributed by atoms with Gasteiger partial charge in [0.05, 0.1) is 5.54 Å². The molecule has 0 saturated heterocycles. The first-order valence-corrected chi connectivity index (χ1v) is 3.91. The Balaban J connectivity index is 2.57. The van der Waals surface area contributed by atoms with Gasteiger partial charge in [0.25, 0.3) is 0 Å². The Morgan fingerprint density at radius 1 is 1.45 bits per heavy atom. The number of carbonyl (C=O) groups is 2. The first-order chi connectivity index (χ1) is 5.20. The molecule has 3 heteroatoms. The fourth-order valence-electron chi connectivity index (χ4n) is 1.61. The fourth-order valence-corrected chi connectivity index (χ4v) is 1.61. The van der Waals surface area contributed by atoms with E-state index in [0.717, 1.165) is 31.8 Å². The molecule has 1 rings (SSSR count). The van der Waals surface area contributed by atoms with Crippen LogP contribution in [0.4, 0.5) is 0 Å². The molecular formula is C8H13NO2. The second-order valence-corrected chi connectivity index (χ2v) is 3.34. The third kappa shape index (κ3) is 1.87. The number of hydrogen-bond acceptors (Lipinski definition) is 3. The average Bonchev–Trinajstić information content (AvgIpc) is 2.05. The third-order valence-corrected chi connectivity index (χ3v) is 2.29. The third-order valence-electron chi connectivity index (χ3n) is 2.29. The van der Waals surface area contributed by atoms with E-state index in [1.165, 1.54) is 0 Å². The van der Waals surface area contributed by atoms with E-state index in [9.17, 15) is 9.59 Å². The van der Waals surface area contributed by atoms with Gasteiger partial charge in [0, 0.05) is 5.92 Å². The highest BCUT2D eigenvalue weighted by Gasteiger charge is 2.31. The van der Waals surface area contributed by atoms with E-state index < -0.39 is 5.54 Å². The first kappa shape index (κ1) is 8.40. The van der Waals surface area contributed by atoms with Crippen LogP contribution in [-0.4, -0.2) is 18.1 Å². The standard InChI is InChI=1S/C8H13NO2/c9-8(6-11)3-1-2-7(4-8)5-10/h5-7H,1-4,9H2. The highest BCUT2D eigenvalue weighted by molar-refractivity contribution is 5.66. The zero-order valence-corrected chi connectivity index (χ0v) is 6.45. The molecule has 62 valence electrons. The molecule has 2 atom stereocenters. The topological polar surface area (TPSA) is 60.2 Å². The lowest BCUT2D eigenvalue weighted by Gasteiger charge is -2.30. The van der Waals surface area contributed by atoms with Crippen LogP contribution in [0.25, 0.3) is 0 Å². The van der Waals surface area contributed by atoms with Crippen LogP contribution in [0.15, 0.2) is 0 Å². The minimum absolute atomic E-state index is 0.000972. The molecular weight excluding hydrogens is 142 g/mol. The summed E-state index contributed by atoms with van der Waals surface area (Å²) in [5, 5.41) is 0. The molecule has 1 aliphatic rings. The summed E-state index contributed by atoms with van der Waals surface area (Å²) >= 11 is 0. The van der Waals surface area contributed by atoms with Crippen LogP contribution >= 0.6 is 0 Å². The minimum Gasteiger partial charge on any atom is -0.319 e. The molecule has 11 heavy (non-hydrogen) atoms. The lowest BCUT2D eigenvalue weighted by molar-refractivity contribution is -0.116. The van der Waals surface area contributed by atoms with Crippen molar-refractivity contribution in [3.63, 3.8) is 0 Å². The van der Waals surface area contributed by atoms with Crippen molar-refractivity contribution in [2.24, 2.45) is 11.7 Å². The van der Waals surface area contributed by atoms with Gasteiger partial charge in [-0.25, -0.2) is 0 Å². The Morgan fingerprint density at radius 2 is 2.18 bits per heavy atom. The van der Waals surface area contributed by atoms with E-state index in [-0.39, 0.29) is 5.92 Å². The van der Waals surface area contributed by atoms with E-state index in [1.54, 1.807) is 0 Å². The Morgan fingerprint density at radius 3 is 2.73 bits per heavy atom. The predicted molar refractivity (Wildman–Crippen MR) is 41.0 cm³/mol. The molecule has 0 aromatic heterocycles. The van der Waals surface area contributed by atoms with Gasteiger partial charge in [-0.2, -0.15) is 0 Å². The maximum atomic E-state index is 10.5. The summed E-state index contributed by atoms with van der Waals surface area (Å²) in [7, 11) is 0. The summed E-state index contributed by atoms with van der Waals surface area (Å²) in [5.41, 5.74) is 4.98. The van der Waals surface area contributed by atoms with E-state index in [2.05, 4.69) is 0 Å². The quantitative estimate of drug-likeness (QED) is 0.582. The minimum atomic E-state index is -0.718. The van der Waals surface area contributed by atoms with Gasteiger partial charge in [-0.05, 0) is 19.3 Å². The summed E-state index contributed by atoms with van der Waals surface area (Å²) in [6.45, 7) is 0. The first-order valence-electron chi connectivity index (χ1n) is 3.91. The SMILES string of the molecule is NC1(C=O)CCCC(C=O)C1. The van der Waals surface area contributed by atoms with Gasteiger partial charge >= 0.3 is 0 Å². The lowest BCUT2D eigenvalue weighted by atomic mass is 9.78. The summed E-state index contributed by atoms with van der Waals surface area (Å²) in [6.07, 6.45) is 4.71. The molecule has 0 spiro atoms. The van der Waals surface area contributed by atoms with Crippen molar-refractivity contribution in [1.29, 1.82) is 0 Å². The monoisotopic (exact) mass is 155 g/mol. The van der Waals surface area contributed by atoms with Crippen LogP contribution in [0.2, 0.25) is 0 Å². The van der Waals surface area contributed by atoms with Crippen molar-refractivity contribution in [3.8, 4) is 0 Å². The van der Waals surface area contributed by atoms with Crippen LogP contribution in [0.3, 0.4) is 0 Å². The van der Waals surface area contributed by atoms with Gasteiger partial charge in [0.1, 0.15) is 12.6 Å². The van der Waals surface area contributed by atoms with Crippen LogP contribution in [0, 0.1) is 5.92 Å². The Kier molecular flexibility index (Phi) is 2.39. The Labute approximate surface area is 66.0 Å². The molecule has 0 amide bonds. The molecule has 0 aromatic rings. The number of rotatable bonds is 2. The maximum absolute atomic E-state index is 10.5. The molecule has 0 aliphatic heterocycles. The van der Waals surface area contributed by atoms with Crippen LogP contribution in [0.1, 0.15) is 25.7 Å². The average molecular weight is 155 g/mol. The smallest absolute Gasteiger partial charge is 0.139 e. The van der Waals surface area contributed by atoms with Crippen molar-refractivity contribution in [2.45, 2.75) is 31.2 Å². The second-order valence-electron chi connectivity index (χ2n) is 3.34.